The maximum atomic E-state index is 13.3. The molecule has 0 saturated heterocycles. The van der Waals surface area contributed by atoms with Crippen LogP contribution in [0.1, 0.15) is 16.1 Å². The Kier molecular flexibility index (Phi) is 4.42. The Labute approximate surface area is 158 Å². The van der Waals surface area contributed by atoms with Crippen molar-refractivity contribution in [3.05, 3.63) is 84.3 Å². The van der Waals surface area contributed by atoms with E-state index in [0.717, 1.165) is 22.9 Å². The van der Waals surface area contributed by atoms with E-state index in [1.54, 1.807) is 18.3 Å². The average molecular weight is 360 g/mol. The number of likely N-dealkylation sites (N-methyl/N-ethyl adjacent to an activating group) is 1. The zero-order chi connectivity index (χ0) is 18.8. The van der Waals surface area contributed by atoms with Crippen molar-refractivity contribution in [2.75, 3.05) is 24.0 Å². The Hall–Kier alpha value is -3.47. The number of para-hydroxylation sites is 1. The molecule has 27 heavy (non-hydrogen) atoms. The Morgan fingerprint density at radius 3 is 2.52 bits per heavy atom. The number of carbonyl (C=O) groups excluding carboxylic acids is 1. The number of nitrogens with zero attached hydrogens (tertiary/aromatic N) is 2. The molecule has 0 aliphatic carbocycles. The molecule has 4 rings (SSSR count). The standard InChI is InChI=1S/C22H20N2O3/c1-23-20-8-4-3-7-19(20)22(25)24(16-9-11-17(26-2)12-10-16)21(23)14-13-18-6-5-15-27-18/h3-15,21H,1-2H3/b14-13+/t21-/m1/s1. The fourth-order valence-electron chi connectivity index (χ4n) is 3.32. The van der Waals surface area contributed by atoms with Gasteiger partial charge in [0.1, 0.15) is 17.7 Å². The molecule has 1 atom stereocenters. The number of rotatable bonds is 4. The van der Waals surface area contributed by atoms with Gasteiger partial charge in [-0.2, -0.15) is 0 Å². The van der Waals surface area contributed by atoms with Crippen molar-refractivity contribution in [3.63, 3.8) is 0 Å². The van der Waals surface area contributed by atoms with Gasteiger partial charge in [-0.25, -0.2) is 0 Å². The first kappa shape index (κ1) is 17.0. The number of hydrogen-bond acceptors (Lipinski definition) is 4. The molecule has 5 heteroatoms. The van der Waals surface area contributed by atoms with Crippen molar-refractivity contribution >= 4 is 23.4 Å². The van der Waals surface area contributed by atoms with Gasteiger partial charge in [-0.1, -0.05) is 12.1 Å². The van der Waals surface area contributed by atoms with E-state index in [2.05, 4.69) is 4.90 Å². The van der Waals surface area contributed by atoms with Gasteiger partial charge in [0.05, 0.1) is 24.6 Å². The first-order chi connectivity index (χ1) is 13.2. The predicted octanol–water partition coefficient (Wildman–Crippen LogP) is 4.42. The number of ether oxygens (including phenoxy) is 1. The van der Waals surface area contributed by atoms with Gasteiger partial charge < -0.3 is 14.1 Å². The lowest BCUT2D eigenvalue weighted by Gasteiger charge is -2.42. The number of hydrogen-bond donors (Lipinski definition) is 0. The van der Waals surface area contributed by atoms with E-state index in [0.29, 0.717) is 5.56 Å². The monoisotopic (exact) mass is 360 g/mol. The fraction of sp³-hybridized carbons (Fsp3) is 0.136. The lowest BCUT2D eigenvalue weighted by molar-refractivity contribution is 0.0975. The van der Waals surface area contributed by atoms with Crippen molar-refractivity contribution < 1.29 is 13.9 Å². The summed E-state index contributed by atoms with van der Waals surface area (Å²) in [7, 11) is 3.61. The summed E-state index contributed by atoms with van der Waals surface area (Å²) in [4.78, 5) is 17.2. The summed E-state index contributed by atoms with van der Waals surface area (Å²) < 4.78 is 10.6. The van der Waals surface area contributed by atoms with Crippen LogP contribution in [0.15, 0.2) is 77.4 Å². The topological polar surface area (TPSA) is 45.9 Å². The van der Waals surface area contributed by atoms with Gasteiger partial charge in [-0.05, 0) is 60.7 Å². The van der Waals surface area contributed by atoms with Gasteiger partial charge in [-0.15, -0.1) is 0 Å². The van der Waals surface area contributed by atoms with Gasteiger partial charge in [0.2, 0.25) is 0 Å². The highest BCUT2D eigenvalue weighted by atomic mass is 16.5. The number of benzene rings is 2. The Morgan fingerprint density at radius 2 is 1.81 bits per heavy atom. The van der Waals surface area contributed by atoms with Crippen LogP contribution in [0.2, 0.25) is 0 Å². The van der Waals surface area contributed by atoms with Crippen LogP contribution in [0.3, 0.4) is 0 Å². The van der Waals surface area contributed by atoms with Crippen LogP contribution in [0.25, 0.3) is 6.08 Å². The molecule has 0 saturated carbocycles. The second-order valence-electron chi connectivity index (χ2n) is 6.29. The van der Waals surface area contributed by atoms with Crippen molar-refractivity contribution in [2.45, 2.75) is 6.17 Å². The molecular formula is C22H20N2O3. The highest BCUT2D eigenvalue weighted by Gasteiger charge is 2.35. The van der Waals surface area contributed by atoms with Gasteiger partial charge in [0.15, 0.2) is 0 Å². The third kappa shape index (κ3) is 3.08. The van der Waals surface area contributed by atoms with Crippen molar-refractivity contribution in [2.24, 2.45) is 0 Å². The van der Waals surface area contributed by atoms with Crippen LogP contribution >= 0.6 is 0 Å². The molecule has 1 aromatic heterocycles. The lowest BCUT2D eigenvalue weighted by atomic mass is 10.0. The maximum Gasteiger partial charge on any atom is 0.262 e. The molecule has 5 nitrogen and oxygen atoms in total. The van der Waals surface area contributed by atoms with Crippen molar-refractivity contribution in [1.82, 2.24) is 0 Å². The van der Waals surface area contributed by atoms with Crippen LogP contribution in [0, 0.1) is 0 Å². The van der Waals surface area contributed by atoms with E-state index < -0.39 is 0 Å². The van der Waals surface area contributed by atoms with Crippen molar-refractivity contribution in [3.8, 4) is 5.75 Å². The molecule has 0 unspecified atom stereocenters. The minimum Gasteiger partial charge on any atom is -0.497 e. The van der Waals surface area contributed by atoms with E-state index in [1.807, 2.05) is 79.9 Å². The predicted molar refractivity (Wildman–Crippen MR) is 106 cm³/mol. The molecule has 1 amide bonds. The molecule has 2 aromatic carbocycles. The zero-order valence-electron chi connectivity index (χ0n) is 15.2. The lowest BCUT2D eigenvalue weighted by Crippen LogP contribution is -2.53. The second kappa shape index (κ2) is 7.03. The second-order valence-corrected chi connectivity index (χ2v) is 6.29. The van der Waals surface area contributed by atoms with E-state index in [9.17, 15) is 4.79 Å². The van der Waals surface area contributed by atoms with Gasteiger partial charge in [-0.3, -0.25) is 9.69 Å². The number of methoxy groups -OCH3 is 1. The molecule has 0 fully saturated rings. The van der Waals surface area contributed by atoms with E-state index in [4.69, 9.17) is 9.15 Å². The summed E-state index contributed by atoms with van der Waals surface area (Å²) >= 11 is 0. The molecular weight excluding hydrogens is 340 g/mol. The Morgan fingerprint density at radius 1 is 1.04 bits per heavy atom. The number of anilines is 2. The molecule has 3 aromatic rings. The van der Waals surface area contributed by atoms with Crippen molar-refractivity contribution in [1.29, 1.82) is 0 Å². The molecule has 1 aliphatic rings. The molecule has 0 spiro atoms. The van der Waals surface area contributed by atoms with E-state index >= 15 is 0 Å². The maximum absolute atomic E-state index is 13.3. The zero-order valence-corrected chi connectivity index (χ0v) is 15.2. The molecule has 0 bridgehead atoms. The number of furan rings is 1. The first-order valence-electron chi connectivity index (χ1n) is 8.70. The highest BCUT2D eigenvalue weighted by Crippen LogP contribution is 2.34. The third-order valence-electron chi connectivity index (χ3n) is 4.72. The Balaban J connectivity index is 1.79. The number of fused-ring (bicyclic) bond motifs is 1. The first-order valence-corrected chi connectivity index (χ1v) is 8.70. The SMILES string of the molecule is COc1ccc(N2C(=O)c3ccccc3N(C)[C@H]2/C=C/c2ccco2)cc1. The van der Waals surface area contributed by atoms with Gasteiger partial charge in [0.25, 0.3) is 5.91 Å². The summed E-state index contributed by atoms with van der Waals surface area (Å²) in [5.74, 6) is 1.45. The van der Waals surface area contributed by atoms with Crippen LogP contribution in [-0.4, -0.2) is 26.2 Å². The molecule has 136 valence electrons. The molecule has 0 N–H and O–H groups in total. The third-order valence-corrected chi connectivity index (χ3v) is 4.72. The van der Waals surface area contributed by atoms with Crippen LogP contribution in [-0.2, 0) is 0 Å². The minimum atomic E-state index is -0.286. The highest BCUT2D eigenvalue weighted by molar-refractivity contribution is 6.12. The molecule has 0 radical (unpaired) electrons. The molecule has 1 aliphatic heterocycles. The van der Waals surface area contributed by atoms with Crippen LogP contribution in [0.5, 0.6) is 5.75 Å². The van der Waals surface area contributed by atoms with Crippen LogP contribution < -0.4 is 14.5 Å². The quantitative estimate of drug-likeness (QED) is 0.691. The number of amides is 1. The summed E-state index contributed by atoms with van der Waals surface area (Å²) in [6.45, 7) is 0. The summed E-state index contributed by atoms with van der Waals surface area (Å²) in [6.07, 6.45) is 5.20. The van der Waals surface area contributed by atoms with E-state index in [1.165, 1.54) is 0 Å². The van der Waals surface area contributed by atoms with E-state index in [-0.39, 0.29) is 12.1 Å². The minimum absolute atomic E-state index is 0.0389. The smallest absolute Gasteiger partial charge is 0.262 e. The summed E-state index contributed by atoms with van der Waals surface area (Å²) in [5.41, 5.74) is 2.39. The summed E-state index contributed by atoms with van der Waals surface area (Å²) in [5, 5.41) is 0. The van der Waals surface area contributed by atoms with Crippen LogP contribution in [0.4, 0.5) is 11.4 Å². The Bertz CT molecular complexity index is 961. The average Bonchev–Trinajstić information content (AvgIpc) is 3.23. The van der Waals surface area contributed by atoms with Gasteiger partial charge in [0, 0.05) is 12.7 Å². The van der Waals surface area contributed by atoms with Gasteiger partial charge >= 0.3 is 0 Å². The normalized spacial score (nSPS) is 16.7. The molecule has 2 heterocycles. The fourth-order valence-corrected chi connectivity index (χ4v) is 3.32. The summed E-state index contributed by atoms with van der Waals surface area (Å²) in [6, 6.07) is 18.9. The largest absolute Gasteiger partial charge is 0.497 e. The number of carbonyl (C=O) groups is 1.